The Morgan fingerprint density at radius 1 is 1.04 bits per heavy atom. The van der Waals surface area contributed by atoms with Crippen molar-refractivity contribution in [1.82, 2.24) is 5.32 Å². The van der Waals surface area contributed by atoms with Gasteiger partial charge < -0.3 is 10.4 Å². The van der Waals surface area contributed by atoms with E-state index in [2.05, 4.69) is 5.32 Å². The van der Waals surface area contributed by atoms with Crippen LogP contribution in [-0.4, -0.2) is 23.5 Å². The summed E-state index contributed by atoms with van der Waals surface area (Å²) in [6.45, 7) is 0.0786. The molecule has 2 aromatic rings. The summed E-state index contributed by atoms with van der Waals surface area (Å²) < 4.78 is 0. The van der Waals surface area contributed by atoms with Crippen LogP contribution in [0.25, 0.3) is 0 Å². The number of aryl methyl sites for hydroxylation is 2. The number of rotatable bonds is 5. The fourth-order valence-corrected chi connectivity index (χ4v) is 3.04. The second kappa shape index (κ2) is 6.65. The van der Waals surface area contributed by atoms with Crippen molar-refractivity contribution in [3.8, 4) is 0 Å². The van der Waals surface area contributed by atoms with E-state index in [1.807, 2.05) is 24.3 Å². The van der Waals surface area contributed by atoms with E-state index in [0.717, 1.165) is 19.3 Å². The number of carboxylic acids is 1. The molecule has 1 unspecified atom stereocenters. The van der Waals surface area contributed by atoms with Gasteiger partial charge in [-0.3, -0.25) is 9.59 Å². The molecule has 0 saturated carbocycles. The molecule has 0 radical (unpaired) electrons. The molecule has 0 aromatic heterocycles. The molecule has 118 valence electrons. The van der Waals surface area contributed by atoms with Crippen LogP contribution >= 0.6 is 0 Å². The summed E-state index contributed by atoms with van der Waals surface area (Å²) in [4.78, 5) is 23.7. The van der Waals surface area contributed by atoms with Crippen molar-refractivity contribution < 1.29 is 14.7 Å². The zero-order chi connectivity index (χ0) is 16.2. The molecule has 0 saturated heterocycles. The normalized spacial score (nSPS) is 14.1. The number of aliphatic carboxylic acids is 1. The fraction of sp³-hybridized carbons (Fsp3) is 0.263. The third-order valence-electron chi connectivity index (χ3n) is 4.33. The van der Waals surface area contributed by atoms with Crippen molar-refractivity contribution in [3.63, 3.8) is 0 Å². The van der Waals surface area contributed by atoms with Crippen molar-refractivity contribution in [1.29, 1.82) is 0 Å². The Bertz CT molecular complexity index is 725. The number of carbonyl (C=O) groups excluding carboxylic acids is 1. The number of hydrogen-bond acceptors (Lipinski definition) is 2. The Balaban J connectivity index is 1.69. The molecular formula is C19H19NO3. The number of nitrogens with one attached hydrogen (secondary N) is 1. The van der Waals surface area contributed by atoms with Crippen molar-refractivity contribution in [2.75, 3.05) is 6.54 Å². The number of carboxylic acid groups (broad SMARTS) is 1. The number of fused-ring (bicyclic) bond motifs is 1. The molecule has 0 spiro atoms. The van der Waals surface area contributed by atoms with Crippen molar-refractivity contribution >= 4 is 11.9 Å². The molecule has 2 N–H and O–H groups in total. The van der Waals surface area contributed by atoms with Crippen LogP contribution in [0.5, 0.6) is 0 Å². The molecule has 4 nitrogen and oxygen atoms in total. The zero-order valence-electron chi connectivity index (χ0n) is 12.8. The van der Waals surface area contributed by atoms with E-state index in [0.29, 0.717) is 11.1 Å². The maximum Gasteiger partial charge on any atom is 0.312 e. The average molecular weight is 309 g/mol. The first-order chi connectivity index (χ1) is 11.1. The van der Waals surface area contributed by atoms with Gasteiger partial charge in [0.1, 0.15) is 0 Å². The highest BCUT2D eigenvalue weighted by molar-refractivity contribution is 5.95. The summed E-state index contributed by atoms with van der Waals surface area (Å²) >= 11 is 0. The third-order valence-corrected chi connectivity index (χ3v) is 4.33. The minimum atomic E-state index is -0.939. The number of hydrogen-bond donors (Lipinski definition) is 2. The molecule has 0 heterocycles. The van der Waals surface area contributed by atoms with Crippen LogP contribution in [-0.2, 0) is 17.6 Å². The summed E-state index contributed by atoms with van der Waals surface area (Å²) in [6, 6.07) is 14.7. The third kappa shape index (κ3) is 3.42. The zero-order valence-corrected chi connectivity index (χ0v) is 12.8. The van der Waals surface area contributed by atoms with Gasteiger partial charge in [-0.2, -0.15) is 0 Å². The van der Waals surface area contributed by atoms with E-state index in [4.69, 9.17) is 0 Å². The van der Waals surface area contributed by atoms with Gasteiger partial charge in [0.05, 0.1) is 5.92 Å². The van der Waals surface area contributed by atoms with E-state index in [-0.39, 0.29) is 12.5 Å². The van der Waals surface area contributed by atoms with Gasteiger partial charge in [0, 0.05) is 12.1 Å². The predicted molar refractivity (Wildman–Crippen MR) is 87.6 cm³/mol. The SMILES string of the molecule is O=C(NCC(C(=O)O)c1ccccc1)c1ccc2c(c1)CCC2. The summed E-state index contributed by atoms with van der Waals surface area (Å²) in [7, 11) is 0. The highest BCUT2D eigenvalue weighted by atomic mass is 16.4. The van der Waals surface area contributed by atoms with Crippen LogP contribution in [0.4, 0.5) is 0 Å². The van der Waals surface area contributed by atoms with Gasteiger partial charge in [-0.05, 0) is 48.1 Å². The van der Waals surface area contributed by atoms with Crippen LogP contribution in [0.3, 0.4) is 0 Å². The van der Waals surface area contributed by atoms with Crippen molar-refractivity contribution in [2.24, 2.45) is 0 Å². The molecule has 3 rings (SSSR count). The largest absolute Gasteiger partial charge is 0.481 e. The molecule has 23 heavy (non-hydrogen) atoms. The molecule has 1 amide bonds. The maximum atomic E-state index is 12.3. The highest BCUT2D eigenvalue weighted by Crippen LogP contribution is 2.23. The van der Waals surface area contributed by atoms with Gasteiger partial charge in [-0.1, -0.05) is 36.4 Å². The Morgan fingerprint density at radius 2 is 1.78 bits per heavy atom. The quantitative estimate of drug-likeness (QED) is 0.892. The van der Waals surface area contributed by atoms with Crippen LogP contribution in [0.1, 0.15) is 39.4 Å². The molecule has 1 aliphatic rings. The van der Waals surface area contributed by atoms with Gasteiger partial charge in [-0.15, -0.1) is 0 Å². The second-order valence-electron chi connectivity index (χ2n) is 5.85. The van der Waals surface area contributed by atoms with E-state index < -0.39 is 11.9 Å². The van der Waals surface area contributed by atoms with Crippen LogP contribution in [0, 0.1) is 0 Å². The number of benzene rings is 2. The molecule has 1 atom stereocenters. The Morgan fingerprint density at radius 3 is 2.52 bits per heavy atom. The van der Waals surface area contributed by atoms with Gasteiger partial charge in [-0.25, -0.2) is 0 Å². The lowest BCUT2D eigenvalue weighted by atomic mass is 9.99. The monoisotopic (exact) mass is 309 g/mol. The lowest BCUT2D eigenvalue weighted by Crippen LogP contribution is -2.31. The van der Waals surface area contributed by atoms with Crippen LogP contribution < -0.4 is 5.32 Å². The molecule has 1 aliphatic carbocycles. The van der Waals surface area contributed by atoms with Crippen molar-refractivity contribution in [2.45, 2.75) is 25.2 Å². The Kier molecular flexibility index (Phi) is 4.42. The standard InChI is InChI=1S/C19H19NO3/c21-18(16-10-9-13-7-4-8-15(13)11-16)20-12-17(19(22)23)14-5-2-1-3-6-14/h1-3,5-6,9-11,17H,4,7-8,12H2,(H,20,21)(H,22,23). The van der Waals surface area contributed by atoms with E-state index in [1.165, 1.54) is 11.1 Å². The minimum absolute atomic E-state index is 0.0786. The average Bonchev–Trinajstić information content (AvgIpc) is 3.03. The summed E-state index contributed by atoms with van der Waals surface area (Å²) in [5.41, 5.74) is 3.84. The Hall–Kier alpha value is -2.62. The highest BCUT2D eigenvalue weighted by Gasteiger charge is 2.21. The predicted octanol–water partition coefficient (Wildman–Crippen LogP) is 2.77. The fourth-order valence-electron chi connectivity index (χ4n) is 3.04. The number of amides is 1. The summed E-state index contributed by atoms with van der Waals surface area (Å²) in [6.07, 6.45) is 3.22. The lowest BCUT2D eigenvalue weighted by molar-refractivity contribution is -0.138. The van der Waals surface area contributed by atoms with E-state index >= 15 is 0 Å². The van der Waals surface area contributed by atoms with E-state index in [1.54, 1.807) is 24.3 Å². The molecule has 0 fully saturated rings. The van der Waals surface area contributed by atoms with E-state index in [9.17, 15) is 14.7 Å². The van der Waals surface area contributed by atoms with Crippen LogP contribution in [0.15, 0.2) is 48.5 Å². The molecule has 2 aromatic carbocycles. The van der Waals surface area contributed by atoms with Gasteiger partial charge in [0.15, 0.2) is 0 Å². The smallest absolute Gasteiger partial charge is 0.312 e. The van der Waals surface area contributed by atoms with Gasteiger partial charge in [0.25, 0.3) is 5.91 Å². The first kappa shape index (κ1) is 15.3. The van der Waals surface area contributed by atoms with Crippen LogP contribution in [0.2, 0.25) is 0 Å². The van der Waals surface area contributed by atoms with Gasteiger partial charge >= 0.3 is 5.97 Å². The minimum Gasteiger partial charge on any atom is -0.481 e. The van der Waals surface area contributed by atoms with Gasteiger partial charge in [0.2, 0.25) is 0 Å². The molecular weight excluding hydrogens is 290 g/mol. The second-order valence-corrected chi connectivity index (χ2v) is 5.85. The Labute approximate surface area is 135 Å². The van der Waals surface area contributed by atoms with Crippen molar-refractivity contribution in [3.05, 3.63) is 70.8 Å². The lowest BCUT2D eigenvalue weighted by Gasteiger charge is -2.14. The number of carbonyl (C=O) groups is 2. The molecule has 4 heteroatoms. The first-order valence-electron chi connectivity index (χ1n) is 7.83. The first-order valence-corrected chi connectivity index (χ1v) is 7.83. The topological polar surface area (TPSA) is 66.4 Å². The summed E-state index contributed by atoms with van der Waals surface area (Å²) in [5, 5.41) is 12.1. The molecule has 0 aliphatic heterocycles. The maximum absolute atomic E-state index is 12.3. The molecule has 0 bridgehead atoms. The summed E-state index contributed by atoms with van der Waals surface area (Å²) in [5.74, 6) is -1.90.